The highest BCUT2D eigenvalue weighted by Gasteiger charge is 2.15. The van der Waals surface area contributed by atoms with Crippen molar-refractivity contribution in [2.75, 3.05) is 13.2 Å². The van der Waals surface area contributed by atoms with E-state index in [1.165, 1.54) is 6.07 Å². The molecule has 0 radical (unpaired) electrons. The minimum atomic E-state index is -0.381. The largest absolute Gasteiger partial charge is 0.486 e. The quantitative estimate of drug-likeness (QED) is 0.890. The zero-order chi connectivity index (χ0) is 15.4. The lowest BCUT2D eigenvalue weighted by Crippen LogP contribution is -2.19. The zero-order valence-corrected chi connectivity index (χ0v) is 12.1. The maximum Gasteiger partial charge on any atom is 0.165 e. The van der Waals surface area contributed by atoms with Gasteiger partial charge in [0.05, 0.1) is 6.61 Å². The first kappa shape index (κ1) is 14.8. The molecule has 2 aromatic rings. The van der Waals surface area contributed by atoms with E-state index in [1.54, 1.807) is 12.1 Å². The number of benzene rings is 2. The Bertz CT molecular complexity index is 660. The number of hydrogen-bond donors (Lipinski definition) is 2. The molecule has 4 nitrogen and oxygen atoms in total. The average Bonchev–Trinajstić information content (AvgIpc) is 2.56. The summed E-state index contributed by atoms with van der Waals surface area (Å²) in [5.41, 5.74) is 2.27. The Labute approximate surface area is 128 Å². The first-order chi connectivity index (χ1) is 10.8. The number of para-hydroxylation sites is 1. The van der Waals surface area contributed by atoms with Crippen molar-refractivity contribution in [3.63, 3.8) is 0 Å². The molecule has 0 atom stereocenters. The van der Waals surface area contributed by atoms with Crippen LogP contribution in [0.3, 0.4) is 0 Å². The van der Waals surface area contributed by atoms with E-state index in [0.29, 0.717) is 31.9 Å². The first-order valence-electron chi connectivity index (χ1n) is 7.24. The van der Waals surface area contributed by atoms with E-state index in [9.17, 15) is 4.39 Å². The van der Waals surface area contributed by atoms with E-state index < -0.39 is 0 Å². The van der Waals surface area contributed by atoms with Crippen LogP contribution in [-0.2, 0) is 19.7 Å². The molecule has 22 heavy (non-hydrogen) atoms. The van der Waals surface area contributed by atoms with Crippen molar-refractivity contribution in [2.45, 2.75) is 19.7 Å². The molecule has 0 aliphatic carbocycles. The molecular weight excluding hydrogens is 285 g/mol. The molecule has 0 saturated carbocycles. The number of fused-ring (bicyclic) bond motifs is 1. The van der Waals surface area contributed by atoms with Crippen molar-refractivity contribution < 1.29 is 19.0 Å². The number of aliphatic hydroxyl groups excluding tert-OH is 1. The van der Waals surface area contributed by atoms with Crippen LogP contribution in [-0.4, -0.2) is 18.3 Å². The van der Waals surface area contributed by atoms with Crippen molar-refractivity contribution in [1.29, 1.82) is 0 Å². The van der Waals surface area contributed by atoms with Crippen LogP contribution in [0, 0.1) is 5.82 Å². The number of aliphatic hydroxyl groups is 1. The first-order valence-corrected chi connectivity index (χ1v) is 7.24. The summed E-state index contributed by atoms with van der Waals surface area (Å²) in [4.78, 5) is 0. The third-order valence-corrected chi connectivity index (χ3v) is 3.57. The molecule has 2 N–H and O–H groups in total. The fraction of sp³-hybridized carbons (Fsp3) is 0.294. The molecule has 0 fully saturated rings. The highest BCUT2D eigenvalue weighted by atomic mass is 19.1. The molecule has 2 aromatic carbocycles. The highest BCUT2D eigenvalue weighted by molar-refractivity contribution is 5.47. The van der Waals surface area contributed by atoms with Crippen LogP contribution >= 0.6 is 0 Å². The van der Waals surface area contributed by atoms with Crippen molar-refractivity contribution in [3.05, 3.63) is 58.9 Å². The SMILES string of the molecule is OCc1cc(CNCc2cccc3c2OCCO3)ccc1F. The number of ether oxygens (including phenoxy) is 2. The summed E-state index contributed by atoms with van der Waals surface area (Å²) in [5.74, 6) is 1.18. The number of halogens is 1. The Balaban J connectivity index is 1.64. The third-order valence-electron chi connectivity index (χ3n) is 3.57. The molecule has 0 unspecified atom stereocenters. The summed E-state index contributed by atoms with van der Waals surface area (Å²) >= 11 is 0. The van der Waals surface area contributed by atoms with Gasteiger partial charge >= 0.3 is 0 Å². The lowest BCUT2D eigenvalue weighted by atomic mass is 10.1. The second kappa shape index (κ2) is 6.77. The average molecular weight is 303 g/mol. The smallest absolute Gasteiger partial charge is 0.165 e. The molecule has 1 aliphatic heterocycles. The van der Waals surface area contributed by atoms with Gasteiger partial charge in [0.1, 0.15) is 19.0 Å². The Morgan fingerprint density at radius 1 is 1.05 bits per heavy atom. The predicted octanol–water partition coefficient (Wildman–Crippen LogP) is 2.38. The summed E-state index contributed by atoms with van der Waals surface area (Å²) in [7, 11) is 0. The molecule has 0 bridgehead atoms. The van der Waals surface area contributed by atoms with Crippen LogP contribution < -0.4 is 14.8 Å². The molecular formula is C17H18FNO3. The van der Waals surface area contributed by atoms with Gasteiger partial charge in [-0.2, -0.15) is 0 Å². The summed E-state index contributed by atoms with van der Waals surface area (Å²) in [6.45, 7) is 2.04. The predicted molar refractivity (Wildman–Crippen MR) is 80.3 cm³/mol. The number of hydrogen-bond acceptors (Lipinski definition) is 4. The standard InChI is InChI=1S/C17H18FNO3/c18-15-5-4-12(8-14(15)11-20)9-19-10-13-2-1-3-16-17(13)22-7-6-21-16/h1-5,8,19-20H,6-7,9-11H2. The van der Waals surface area contributed by atoms with E-state index in [-0.39, 0.29) is 12.4 Å². The van der Waals surface area contributed by atoms with Gasteiger partial charge in [0.25, 0.3) is 0 Å². The van der Waals surface area contributed by atoms with Crippen molar-refractivity contribution in [3.8, 4) is 11.5 Å². The molecule has 0 aromatic heterocycles. The van der Waals surface area contributed by atoms with Gasteiger partial charge in [0.2, 0.25) is 0 Å². The van der Waals surface area contributed by atoms with Gasteiger partial charge in [0.15, 0.2) is 11.5 Å². The van der Waals surface area contributed by atoms with Crippen molar-refractivity contribution in [2.24, 2.45) is 0 Å². The second-order valence-electron chi connectivity index (χ2n) is 5.13. The van der Waals surface area contributed by atoms with E-state index in [1.807, 2.05) is 18.2 Å². The Kier molecular flexibility index (Phi) is 4.56. The van der Waals surface area contributed by atoms with E-state index >= 15 is 0 Å². The van der Waals surface area contributed by atoms with Gasteiger partial charge in [-0.3, -0.25) is 0 Å². The van der Waals surface area contributed by atoms with Crippen molar-refractivity contribution >= 4 is 0 Å². The maximum atomic E-state index is 13.3. The maximum absolute atomic E-state index is 13.3. The topological polar surface area (TPSA) is 50.7 Å². The third kappa shape index (κ3) is 3.21. The molecule has 0 saturated heterocycles. The van der Waals surface area contributed by atoms with Gasteiger partial charge in [0, 0.05) is 24.2 Å². The molecule has 5 heteroatoms. The van der Waals surface area contributed by atoms with Gasteiger partial charge in [-0.25, -0.2) is 4.39 Å². The van der Waals surface area contributed by atoms with Crippen LogP contribution in [0.15, 0.2) is 36.4 Å². The minimum absolute atomic E-state index is 0.295. The van der Waals surface area contributed by atoms with Gasteiger partial charge < -0.3 is 19.9 Å². The summed E-state index contributed by atoms with van der Waals surface area (Å²) in [6, 6.07) is 10.6. The highest BCUT2D eigenvalue weighted by Crippen LogP contribution is 2.33. The molecule has 1 aliphatic rings. The molecule has 3 rings (SSSR count). The normalized spacial score (nSPS) is 13.2. The number of rotatable bonds is 5. The Morgan fingerprint density at radius 3 is 2.77 bits per heavy atom. The molecule has 0 spiro atoms. The van der Waals surface area contributed by atoms with E-state index in [4.69, 9.17) is 14.6 Å². The van der Waals surface area contributed by atoms with Crippen LogP contribution in [0.2, 0.25) is 0 Å². The fourth-order valence-corrected chi connectivity index (χ4v) is 2.47. The fourth-order valence-electron chi connectivity index (χ4n) is 2.47. The van der Waals surface area contributed by atoms with Crippen LogP contribution in [0.25, 0.3) is 0 Å². The molecule has 0 amide bonds. The zero-order valence-electron chi connectivity index (χ0n) is 12.1. The van der Waals surface area contributed by atoms with E-state index in [0.717, 1.165) is 22.6 Å². The van der Waals surface area contributed by atoms with Gasteiger partial charge in [-0.05, 0) is 23.8 Å². The second-order valence-corrected chi connectivity index (χ2v) is 5.13. The van der Waals surface area contributed by atoms with Crippen LogP contribution in [0.1, 0.15) is 16.7 Å². The van der Waals surface area contributed by atoms with Gasteiger partial charge in [-0.15, -0.1) is 0 Å². The van der Waals surface area contributed by atoms with E-state index in [2.05, 4.69) is 5.32 Å². The summed E-state index contributed by atoms with van der Waals surface area (Å²) in [6.07, 6.45) is 0. The van der Waals surface area contributed by atoms with Crippen molar-refractivity contribution in [1.82, 2.24) is 5.32 Å². The Hall–Kier alpha value is -2.11. The summed E-state index contributed by atoms with van der Waals surface area (Å²) < 4.78 is 24.5. The number of nitrogens with one attached hydrogen (secondary N) is 1. The minimum Gasteiger partial charge on any atom is -0.486 e. The lowest BCUT2D eigenvalue weighted by Gasteiger charge is -2.21. The van der Waals surface area contributed by atoms with Crippen LogP contribution in [0.5, 0.6) is 11.5 Å². The summed E-state index contributed by atoms with van der Waals surface area (Å²) in [5, 5.41) is 12.4. The molecule has 116 valence electrons. The lowest BCUT2D eigenvalue weighted by molar-refractivity contribution is 0.169. The van der Waals surface area contributed by atoms with Crippen LogP contribution in [0.4, 0.5) is 4.39 Å². The van der Waals surface area contributed by atoms with Gasteiger partial charge in [-0.1, -0.05) is 18.2 Å². The monoisotopic (exact) mass is 303 g/mol. The molecule has 1 heterocycles. The Morgan fingerprint density at radius 2 is 1.91 bits per heavy atom.